The van der Waals surface area contributed by atoms with Gasteiger partial charge in [-0.25, -0.2) is 4.79 Å². The van der Waals surface area contributed by atoms with Crippen molar-refractivity contribution in [3.63, 3.8) is 0 Å². The zero-order valence-electron chi connectivity index (χ0n) is 18.5. The number of urea groups is 1. The third kappa shape index (κ3) is 4.10. The van der Waals surface area contributed by atoms with Crippen LogP contribution >= 0.6 is 0 Å². The van der Waals surface area contributed by atoms with Crippen molar-refractivity contribution in [3.05, 3.63) is 54.4 Å². The lowest BCUT2D eigenvalue weighted by Crippen LogP contribution is -2.56. The number of ether oxygens (including phenoxy) is 1. The first-order chi connectivity index (χ1) is 15.6. The second-order valence-corrected chi connectivity index (χ2v) is 8.66. The molecule has 4 atom stereocenters. The highest BCUT2D eigenvalue weighted by molar-refractivity contribution is 5.89. The number of hydrogen-bond donors (Lipinski definition) is 2. The Labute approximate surface area is 187 Å². The number of fused-ring (bicyclic) bond motifs is 3. The van der Waals surface area contributed by atoms with Crippen molar-refractivity contribution in [2.45, 2.75) is 24.8 Å². The Hall–Kier alpha value is -3.26. The molecular formula is C24H29N5O3. The molecule has 2 N–H and O–H groups in total. The quantitative estimate of drug-likeness (QED) is 0.617. The first-order valence-corrected chi connectivity index (χ1v) is 11.1. The molecular weight excluding hydrogens is 406 g/mol. The molecule has 0 radical (unpaired) electrons. The van der Waals surface area contributed by atoms with E-state index in [-0.39, 0.29) is 6.03 Å². The van der Waals surface area contributed by atoms with E-state index < -0.39 is 0 Å². The number of anilines is 1. The van der Waals surface area contributed by atoms with Crippen molar-refractivity contribution >= 4 is 11.7 Å². The number of benzene rings is 1. The molecule has 8 heteroatoms. The van der Waals surface area contributed by atoms with Crippen LogP contribution in [0.25, 0.3) is 11.5 Å². The van der Waals surface area contributed by atoms with E-state index in [1.165, 1.54) is 12.1 Å². The molecule has 3 fully saturated rings. The summed E-state index contributed by atoms with van der Waals surface area (Å²) in [6, 6.07) is 13.5. The number of carbonyl (C=O) groups excluding carboxylic acids is 1. The zero-order valence-corrected chi connectivity index (χ0v) is 18.5. The van der Waals surface area contributed by atoms with E-state index in [0.717, 1.165) is 42.4 Å². The van der Waals surface area contributed by atoms with Gasteiger partial charge < -0.3 is 19.8 Å². The lowest BCUT2D eigenvalue weighted by atomic mass is 9.74. The van der Waals surface area contributed by atoms with Crippen LogP contribution in [0.5, 0.6) is 5.75 Å². The van der Waals surface area contributed by atoms with Crippen molar-refractivity contribution in [3.8, 4) is 17.2 Å². The van der Waals surface area contributed by atoms with Crippen LogP contribution in [0.15, 0.2) is 53.1 Å². The summed E-state index contributed by atoms with van der Waals surface area (Å²) >= 11 is 0. The fraction of sp³-hybridized carbons (Fsp3) is 0.417. The molecule has 0 aliphatic carbocycles. The first-order valence-electron chi connectivity index (χ1n) is 11.1. The predicted molar refractivity (Wildman–Crippen MR) is 122 cm³/mol. The molecule has 0 spiro atoms. The number of furan rings is 1. The van der Waals surface area contributed by atoms with Crippen LogP contribution in [0.4, 0.5) is 10.5 Å². The van der Waals surface area contributed by atoms with Crippen LogP contribution in [0.3, 0.4) is 0 Å². The molecule has 3 aliphatic rings. The van der Waals surface area contributed by atoms with E-state index in [0.29, 0.717) is 24.4 Å². The number of nitrogens with one attached hydrogen (secondary N) is 2. The Kier molecular flexibility index (Phi) is 5.61. The van der Waals surface area contributed by atoms with Gasteiger partial charge in [-0.3, -0.25) is 9.58 Å². The van der Waals surface area contributed by atoms with Crippen molar-refractivity contribution in [1.29, 1.82) is 0 Å². The maximum Gasteiger partial charge on any atom is 0.319 e. The number of nitrogens with zero attached hydrogens (tertiary/aromatic N) is 3. The van der Waals surface area contributed by atoms with Gasteiger partial charge in [0.05, 0.1) is 13.4 Å². The van der Waals surface area contributed by atoms with Crippen molar-refractivity contribution in [2.24, 2.45) is 13.0 Å². The second-order valence-electron chi connectivity index (χ2n) is 8.66. The van der Waals surface area contributed by atoms with E-state index in [1.807, 2.05) is 48.1 Å². The summed E-state index contributed by atoms with van der Waals surface area (Å²) in [5, 5.41) is 10.6. The Balaban J connectivity index is 1.18. The molecule has 0 saturated carbocycles. The normalized spacial score (nSPS) is 24.3. The molecule has 1 unspecified atom stereocenters. The molecule has 168 valence electrons. The van der Waals surface area contributed by atoms with Crippen LogP contribution in [-0.2, 0) is 7.05 Å². The number of rotatable bonds is 6. The zero-order chi connectivity index (χ0) is 22.1. The number of aromatic nitrogens is 2. The summed E-state index contributed by atoms with van der Waals surface area (Å²) in [7, 11) is 3.64. The standard InChI is InChI=1S/C24H29N5O3/c1-28-22(13-21(27-28)23-4-3-11-32-23)20-15-29-10-9-16(20)12-18(29)14-25-24(30)26-17-5-7-19(31-2)8-6-17/h3-8,11,13,16,18,20H,9-10,12,14-15H2,1-2H3,(H2,25,26,30)/t16-,18+,20-/m0/s1. The minimum Gasteiger partial charge on any atom is -0.497 e. The van der Waals surface area contributed by atoms with Gasteiger partial charge in [-0.1, -0.05) is 0 Å². The topological polar surface area (TPSA) is 84.6 Å². The highest BCUT2D eigenvalue weighted by Gasteiger charge is 2.41. The van der Waals surface area contributed by atoms with Gasteiger partial charge in [0, 0.05) is 43.5 Å². The SMILES string of the molecule is COc1ccc(NC(=O)NC[C@H]2C[C@@H]3CCN2C[C@@H]3c2cc(-c3ccco3)nn2C)cc1. The van der Waals surface area contributed by atoms with E-state index >= 15 is 0 Å². The largest absolute Gasteiger partial charge is 0.497 e. The summed E-state index contributed by atoms with van der Waals surface area (Å²) < 4.78 is 12.7. The second kappa shape index (κ2) is 8.70. The number of hydrogen-bond acceptors (Lipinski definition) is 5. The molecule has 8 nitrogen and oxygen atoms in total. The summed E-state index contributed by atoms with van der Waals surface area (Å²) in [5.41, 5.74) is 2.89. The van der Waals surface area contributed by atoms with Crippen molar-refractivity contribution in [2.75, 3.05) is 32.1 Å². The van der Waals surface area contributed by atoms with Gasteiger partial charge in [-0.05, 0) is 67.8 Å². The number of aryl methyl sites for hydroxylation is 1. The molecule has 5 heterocycles. The highest BCUT2D eigenvalue weighted by Crippen LogP contribution is 2.42. The van der Waals surface area contributed by atoms with Crippen LogP contribution < -0.4 is 15.4 Å². The molecule has 2 bridgehead atoms. The first kappa shape index (κ1) is 20.6. The van der Waals surface area contributed by atoms with Gasteiger partial charge >= 0.3 is 6.03 Å². The fourth-order valence-electron chi connectivity index (χ4n) is 5.12. The highest BCUT2D eigenvalue weighted by atomic mass is 16.5. The number of piperidine rings is 3. The van der Waals surface area contributed by atoms with Crippen LogP contribution in [0.1, 0.15) is 24.5 Å². The number of amides is 2. The van der Waals surface area contributed by atoms with Crippen LogP contribution in [0.2, 0.25) is 0 Å². The Bertz CT molecular complexity index is 1060. The molecule has 3 aromatic rings. The Morgan fingerprint density at radius 2 is 2.12 bits per heavy atom. The van der Waals surface area contributed by atoms with Crippen molar-refractivity contribution in [1.82, 2.24) is 20.0 Å². The molecule has 2 amide bonds. The van der Waals surface area contributed by atoms with E-state index in [1.54, 1.807) is 13.4 Å². The minimum atomic E-state index is -0.177. The monoisotopic (exact) mass is 435 g/mol. The molecule has 32 heavy (non-hydrogen) atoms. The van der Waals surface area contributed by atoms with Gasteiger partial charge in [-0.15, -0.1) is 0 Å². The van der Waals surface area contributed by atoms with E-state index in [2.05, 4.69) is 26.7 Å². The summed E-state index contributed by atoms with van der Waals surface area (Å²) in [5.74, 6) is 2.62. The molecule has 3 aliphatic heterocycles. The molecule has 2 aromatic heterocycles. The van der Waals surface area contributed by atoms with Gasteiger partial charge in [-0.2, -0.15) is 5.10 Å². The van der Waals surface area contributed by atoms with Crippen LogP contribution in [0, 0.1) is 5.92 Å². The Morgan fingerprint density at radius 3 is 2.81 bits per heavy atom. The smallest absolute Gasteiger partial charge is 0.319 e. The molecule has 3 saturated heterocycles. The third-order valence-corrected chi connectivity index (χ3v) is 6.79. The van der Waals surface area contributed by atoms with Crippen LogP contribution in [-0.4, -0.2) is 53.5 Å². The van der Waals surface area contributed by atoms with Gasteiger partial charge in [0.25, 0.3) is 0 Å². The lowest BCUT2D eigenvalue weighted by Gasteiger charge is -2.49. The summed E-state index contributed by atoms with van der Waals surface area (Å²) in [6.07, 6.45) is 3.94. The molecule has 6 rings (SSSR count). The lowest BCUT2D eigenvalue weighted by molar-refractivity contribution is 0.0296. The number of methoxy groups -OCH3 is 1. The van der Waals surface area contributed by atoms with E-state index in [9.17, 15) is 4.79 Å². The summed E-state index contributed by atoms with van der Waals surface area (Å²) in [4.78, 5) is 14.9. The minimum absolute atomic E-state index is 0.177. The van der Waals surface area contributed by atoms with Gasteiger partial charge in [0.2, 0.25) is 0 Å². The Morgan fingerprint density at radius 1 is 1.28 bits per heavy atom. The fourth-order valence-corrected chi connectivity index (χ4v) is 5.12. The van der Waals surface area contributed by atoms with Gasteiger partial charge in [0.1, 0.15) is 11.4 Å². The average Bonchev–Trinajstić information content (AvgIpc) is 3.48. The molecule has 1 aromatic carbocycles. The van der Waals surface area contributed by atoms with Crippen molar-refractivity contribution < 1.29 is 13.9 Å². The maximum atomic E-state index is 12.4. The summed E-state index contributed by atoms with van der Waals surface area (Å²) in [6.45, 7) is 2.72. The average molecular weight is 436 g/mol. The maximum absolute atomic E-state index is 12.4. The van der Waals surface area contributed by atoms with E-state index in [4.69, 9.17) is 9.15 Å². The number of carbonyl (C=O) groups is 1. The third-order valence-electron chi connectivity index (χ3n) is 6.79. The van der Waals surface area contributed by atoms with Gasteiger partial charge in [0.15, 0.2) is 5.76 Å². The predicted octanol–water partition coefficient (Wildman–Crippen LogP) is 3.69.